The first kappa shape index (κ1) is 21.6. The molecule has 178 valence electrons. The van der Waals surface area contributed by atoms with E-state index in [0.29, 0.717) is 37.4 Å². The average Bonchev–Trinajstić information content (AvgIpc) is 3.53. The third kappa shape index (κ3) is 3.78. The quantitative estimate of drug-likeness (QED) is 0.384. The molecule has 4 heterocycles. The SMILES string of the molecule is O=c1c2c(-c3nc(-c4ccc(F)cc4)no3)ncn2c2cccc(F)c2n1CCN1CCOCC1. The molecule has 0 aliphatic carbocycles. The first-order valence-corrected chi connectivity index (χ1v) is 11.2. The minimum atomic E-state index is -0.491. The summed E-state index contributed by atoms with van der Waals surface area (Å²) in [5.41, 5.74) is 1.25. The van der Waals surface area contributed by atoms with Gasteiger partial charge in [-0.15, -0.1) is 0 Å². The topological polar surface area (TPSA) is 90.7 Å². The maximum atomic E-state index is 15.0. The van der Waals surface area contributed by atoms with Crippen LogP contribution < -0.4 is 5.56 Å². The molecule has 1 aliphatic rings. The van der Waals surface area contributed by atoms with E-state index in [-0.39, 0.29) is 34.3 Å². The van der Waals surface area contributed by atoms with Crippen LogP contribution in [0.25, 0.3) is 39.5 Å². The summed E-state index contributed by atoms with van der Waals surface area (Å²) in [6.45, 7) is 3.63. The van der Waals surface area contributed by atoms with Gasteiger partial charge in [0.2, 0.25) is 5.82 Å². The van der Waals surface area contributed by atoms with Crippen molar-refractivity contribution in [3.63, 3.8) is 0 Å². The third-order valence-electron chi connectivity index (χ3n) is 6.18. The van der Waals surface area contributed by atoms with Gasteiger partial charge in [-0.1, -0.05) is 11.2 Å². The second kappa shape index (κ2) is 8.67. The van der Waals surface area contributed by atoms with Crippen LogP contribution >= 0.6 is 0 Å². The van der Waals surface area contributed by atoms with Crippen LogP contribution in [-0.4, -0.2) is 61.8 Å². The summed E-state index contributed by atoms with van der Waals surface area (Å²) in [5, 5.41) is 3.96. The van der Waals surface area contributed by atoms with E-state index in [0.717, 1.165) is 13.1 Å². The highest BCUT2D eigenvalue weighted by Crippen LogP contribution is 2.26. The zero-order chi connectivity index (χ0) is 23.9. The van der Waals surface area contributed by atoms with Gasteiger partial charge in [0.25, 0.3) is 11.4 Å². The average molecular weight is 478 g/mol. The number of hydrogen-bond donors (Lipinski definition) is 0. The molecule has 9 nitrogen and oxygen atoms in total. The van der Waals surface area contributed by atoms with E-state index in [1.165, 1.54) is 41.2 Å². The van der Waals surface area contributed by atoms with Crippen LogP contribution in [0.15, 0.2) is 58.1 Å². The van der Waals surface area contributed by atoms with Crippen LogP contribution in [0.4, 0.5) is 8.78 Å². The summed E-state index contributed by atoms with van der Waals surface area (Å²) < 4.78 is 42.0. The number of para-hydroxylation sites is 1. The zero-order valence-corrected chi connectivity index (χ0v) is 18.5. The zero-order valence-electron chi connectivity index (χ0n) is 18.5. The van der Waals surface area contributed by atoms with Gasteiger partial charge in [-0.2, -0.15) is 4.98 Å². The predicted molar refractivity (Wildman–Crippen MR) is 123 cm³/mol. The molecule has 0 N–H and O–H groups in total. The van der Waals surface area contributed by atoms with Gasteiger partial charge in [0.05, 0.1) is 18.7 Å². The number of benzene rings is 2. The number of fused-ring (bicyclic) bond motifs is 3. The van der Waals surface area contributed by atoms with Crippen molar-refractivity contribution >= 4 is 16.6 Å². The molecule has 0 atom stereocenters. The molecule has 11 heteroatoms. The number of imidazole rings is 1. The van der Waals surface area contributed by atoms with Crippen molar-refractivity contribution in [1.29, 1.82) is 0 Å². The molecule has 0 spiro atoms. The molecule has 35 heavy (non-hydrogen) atoms. The number of hydrogen-bond acceptors (Lipinski definition) is 7. The van der Waals surface area contributed by atoms with Gasteiger partial charge in [-0.05, 0) is 36.4 Å². The Morgan fingerprint density at radius 2 is 1.77 bits per heavy atom. The highest BCUT2D eigenvalue weighted by molar-refractivity contribution is 5.84. The van der Waals surface area contributed by atoms with E-state index in [2.05, 4.69) is 20.0 Å². The molecule has 0 unspecified atom stereocenters. The van der Waals surface area contributed by atoms with Gasteiger partial charge in [-0.25, -0.2) is 13.8 Å². The monoisotopic (exact) mass is 478 g/mol. The van der Waals surface area contributed by atoms with Crippen molar-refractivity contribution in [3.05, 3.63) is 70.8 Å². The largest absolute Gasteiger partial charge is 0.379 e. The van der Waals surface area contributed by atoms with E-state index in [9.17, 15) is 13.6 Å². The fraction of sp³-hybridized carbons (Fsp3) is 0.250. The van der Waals surface area contributed by atoms with Crippen molar-refractivity contribution in [2.45, 2.75) is 6.54 Å². The highest BCUT2D eigenvalue weighted by atomic mass is 19.1. The van der Waals surface area contributed by atoms with Gasteiger partial charge in [-0.3, -0.25) is 14.1 Å². The molecule has 6 rings (SSSR count). The normalized spacial score (nSPS) is 14.8. The lowest BCUT2D eigenvalue weighted by Crippen LogP contribution is -2.39. The molecule has 1 fully saturated rings. The van der Waals surface area contributed by atoms with E-state index < -0.39 is 11.4 Å². The Kier molecular flexibility index (Phi) is 5.34. The smallest absolute Gasteiger partial charge is 0.279 e. The minimum absolute atomic E-state index is 0.0411. The van der Waals surface area contributed by atoms with Gasteiger partial charge in [0.15, 0.2) is 5.69 Å². The molecule has 1 aliphatic heterocycles. The van der Waals surface area contributed by atoms with E-state index >= 15 is 0 Å². The molecule has 2 aromatic carbocycles. The number of aromatic nitrogens is 5. The van der Waals surface area contributed by atoms with Crippen LogP contribution in [-0.2, 0) is 11.3 Å². The summed E-state index contributed by atoms with van der Waals surface area (Å²) in [4.78, 5) is 24.6. The Hall–Kier alpha value is -3.96. The maximum Gasteiger partial charge on any atom is 0.279 e. The molecule has 0 bridgehead atoms. The van der Waals surface area contributed by atoms with Gasteiger partial charge >= 0.3 is 0 Å². The molecule has 0 radical (unpaired) electrons. The Balaban J connectivity index is 1.48. The summed E-state index contributed by atoms with van der Waals surface area (Å²) in [5.74, 6) is -0.593. The van der Waals surface area contributed by atoms with Crippen molar-refractivity contribution in [3.8, 4) is 23.0 Å². The Morgan fingerprint density at radius 3 is 2.57 bits per heavy atom. The number of halogens is 2. The van der Waals surface area contributed by atoms with Crippen molar-refractivity contribution < 1.29 is 18.0 Å². The Morgan fingerprint density at radius 1 is 0.971 bits per heavy atom. The maximum absolute atomic E-state index is 15.0. The molecular formula is C24H20F2N6O3. The molecule has 0 amide bonds. The molecule has 1 saturated heterocycles. The Labute approximate surface area is 197 Å². The van der Waals surface area contributed by atoms with E-state index in [1.807, 2.05) is 0 Å². The second-order valence-electron chi connectivity index (χ2n) is 8.26. The van der Waals surface area contributed by atoms with Crippen LogP contribution in [0.2, 0.25) is 0 Å². The van der Waals surface area contributed by atoms with Gasteiger partial charge in [0, 0.05) is 31.7 Å². The van der Waals surface area contributed by atoms with Gasteiger partial charge < -0.3 is 13.8 Å². The second-order valence-corrected chi connectivity index (χ2v) is 8.26. The van der Waals surface area contributed by atoms with Crippen molar-refractivity contribution in [2.75, 3.05) is 32.8 Å². The number of morpholine rings is 1. The van der Waals surface area contributed by atoms with Crippen molar-refractivity contribution in [2.24, 2.45) is 0 Å². The third-order valence-corrected chi connectivity index (χ3v) is 6.18. The molecule has 5 aromatic rings. The molecule has 3 aromatic heterocycles. The highest BCUT2D eigenvalue weighted by Gasteiger charge is 2.23. The van der Waals surface area contributed by atoms with Crippen LogP contribution in [0, 0.1) is 11.6 Å². The summed E-state index contributed by atoms with van der Waals surface area (Å²) in [7, 11) is 0. The number of rotatable bonds is 5. The fourth-order valence-corrected chi connectivity index (χ4v) is 4.40. The summed E-state index contributed by atoms with van der Waals surface area (Å²) in [6, 6.07) is 10.3. The summed E-state index contributed by atoms with van der Waals surface area (Å²) in [6.07, 6.45) is 1.45. The number of ether oxygens (including phenoxy) is 1. The molecular weight excluding hydrogens is 458 g/mol. The van der Waals surface area contributed by atoms with Crippen LogP contribution in [0.1, 0.15) is 0 Å². The van der Waals surface area contributed by atoms with E-state index in [1.54, 1.807) is 16.5 Å². The fourth-order valence-electron chi connectivity index (χ4n) is 4.40. The minimum Gasteiger partial charge on any atom is -0.379 e. The van der Waals surface area contributed by atoms with Crippen LogP contribution in [0.5, 0.6) is 0 Å². The number of nitrogens with zero attached hydrogens (tertiary/aromatic N) is 6. The predicted octanol–water partition coefficient (Wildman–Crippen LogP) is 2.98. The lowest BCUT2D eigenvalue weighted by Gasteiger charge is -2.27. The van der Waals surface area contributed by atoms with Crippen molar-refractivity contribution in [1.82, 2.24) is 29.0 Å². The Bertz CT molecular complexity index is 1590. The van der Waals surface area contributed by atoms with Gasteiger partial charge in [0.1, 0.15) is 29.0 Å². The van der Waals surface area contributed by atoms with E-state index in [4.69, 9.17) is 9.26 Å². The first-order chi connectivity index (χ1) is 17.1. The standard InChI is InChI=1S/C24H20F2N6O3/c25-16-6-4-15(5-7-16)22-28-23(35-29-22)19-21-24(33)31(9-8-30-10-12-34-13-11-30)20-17(26)2-1-3-18(20)32(21)14-27-19/h1-7,14H,8-13H2. The first-order valence-electron chi connectivity index (χ1n) is 11.2. The van der Waals surface area contributed by atoms with Crippen LogP contribution in [0.3, 0.4) is 0 Å². The lowest BCUT2D eigenvalue weighted by molar-refractivity contribution is 0.0364. The molecule has 0 saturated carbocycles. The summed E-state index contributed by atoms with van der Waals surface area (Å²) >= 11 is 0. The lowest BCUT2D eigenvalue weighted by atomic mass is 10.2.